The zero-order chi connectivity index (χ0) is 14.3. The highest BCUT2D eigenvalue weighted by Gasteiger charge is 2.66. The Kier molecular flexibility index (Phi) is 2.97. The van der Waals surface area contributed by atoms with E-state index in [4.69, 9.17) is 5.21 Å². The highest BCUT2D eigenvalue weighted by molar-refractivity contribution is 6.46. The molecule has 1 aliphatic rings. The summed E-state index contributed by atoms with van der Waals surface area (Å²) in [6.45, 7) is 1.22. The van der Waals surface area contributed by atoms with Gasteiger partial charge in [0.25, 0.3) is 0 Å². The molecule has 0 amide bonds. The summed E-state index contributed by atoms with van der Waals surface area (Å²) in [5.74, 6) is 0. The highest BCUT2D eigenvalue weighted by atomic mass is 19.4. The van der Waals surface area contributed by atoms with Crippen molar-refractivity contribution >= 4 is 17.1 Å². The Hall–Kier alpha value is -2.09. The Morgan fingerprint density at radius 1 is 1.26 bits per heavy atom. The molecule has 0 fully saturated rings. The third kappa shape index (κ3) is 1.84. The van der Waals surface area contributed by atoms with Crippen LogP contribution in [0.4, 0.5) is 18.9 Å². The quantitative estimate of drug-likeness (QED) is 0.607. The van der Waals surface area contributed by atoms with E-state index in [2.05, 4.69) is 10.3 Å². The number of alkyl halides is 3. The summed E-state index contributed by atoms with van der Waals surface area (Å²) in [6, 6.07) is 7.33. The molecule has 19 heavy (non-hydrogen) atoms. The molecule has 2 N–H and O–H groups in total. The van der Waals surface area contributed by atoms with Gasteiger partial charge in [0.2, 0.25) is 0 Å². The van der Waals surface area contributed by atoms with Crippen molar-refractivity contribution in [3.8, 4) is 0 Å². The summed E-state index contributed by atoms with van der Waals surface area (Å²) in [6.07, 6.45) is -5.08. The van der Waals surface area contributed by atoms with Gasteiger partial charge in [-0.1, -0.05) is 23.4 Å². The van der Waals surface area contributed by atoms with Crippen LogP contribution in [0.15, 0.2) is 40.6 Å². The van der Waals surface area contributed by atoms with Crippen LogP contribution in [0.3, 0.4) is 0 Å². The topological polar surface area (TPSA) is 68.4 Å². The number of para-hydroxylation sites is 1. The van der Waals surface area contributed by atoms with E-state index in [1.54, 1.807) is 6.07 Å². The Bertz CT molecular complexity index is 542. The second-order valence-corrected chi connectivity index (χ2v) is 3.95. The number of halogens is 3. The Morgan fingerprint density at radius 3 is 2.32 bits per heavy atom. The molecule has 1 unspecified atom stereocenters. The van der Waals surface area contributed by atoms with Gasteiger partial charge in [-0.2, -0.15) is 18.3 Å². The first-order valence-corrected chi connectivity index (χ1v) is 5.25. The second-order valence-electron chi connectivity index (χ2n) is 3.95. The van der Waals surface area contributed by atoms with Crippen LogP contribution >= 0.6 is 0 Å². The molecule has 2 rings (SSSR count). The Balaban J connectivity index is 2.60. The monoisotopic (exact) mass is 273 g/mol. The molecule has 5 nitrogen and oxygen atoms in total. The summed E-state index contributed by atoms with van der Waals surface area (Å²) in [5, 5.41) is 25.2. The summed E-state index contributed by atoms with van der Waals surface area (Å²) in [7, 11) is 0. The predicted molar refractivity (Wildman–Crippen MR) is 62.3 cm³/mol. The van der Waals surface area contributed by atoms with E-state index in [0.29, 0.717) is 5.01 Å². The molecule has 0 bridgehead atoms. The summed E-state index contributed by atoms with van der Waals surface area (Å²) >= 11 is 0. The first-order chi connectivity index (χ1) is 8.82. The zero-order valence-corrected chi connectivity index (χ0v) is 9.76. The lowest BCUT2D eigenvalue weighted by molar-refractivity contribution is -0.228. The number of nitrogens with zero attached hydrogens (tertiary/aromatic N) is 3. The average molecular weight is 273 g/mol. The SMILES string of the molecule is CC1=NN(c2ccccc2)C(O)(C(F)(F)F)C1=NO. The smallest absolute Gasteiger partial charge is 0.410 e. The second kappa shape index (κ2) is 4.23. The van der Waals surface area contributed by atoms with E-state index in [9.17, 15) is 18.3 Å². The Morgan fingerprint density at radius 2 is 1.84 bits per heavy atom. The number of benzene rings is 1. The number of oxime groups is 1. The van der Waals surface area contributed by atoms with Gasteiger partial charge >= 0.3 is 11.9 Å². The number of hydrogen-bond acceptors (Lipinski definition) is 5. The molecule has 0 aromatic heterocycles. The van der Waals surface area contributed by atoms with Gasteiger partial charge in [-0.3, -0.25) is 0 Å². The van der Waals surface area contributed by atoms with Crippen molar-refractivity contribution in [2.75, 3.05) is 5.01 Å². The molecule has 0 spiro atoms. The van der Waals surface area contributed by atoms with Crippen LogP contribution in [0.5, 0.6) is 0 Å². The van der Waals surface area contributed by atoms with Crippen LogP contribution in [0.1, 0.15) is 6.92 Å². The van der Waals surface area contributed by atoms with Crippen molar-refractivity contribution in [1.29, 1.82) is 0 Å². The van der Waals surface area contributed by atoms with Gasteiger partial charge in [0, 0.05) is 0 Å². The lowest BCUT2D eigenvalue weighted by Gasteiger charge is -2.33. The van der Waals surface area contributed by atoms with Crippen molar-refractivity contribution in [1.82, 2.24) is 0 Å². The number of aliphatic hydroxyl groups is 1. The molecule has 1 heterocycles. The van der Waals surface area contributed by atoms with Crippen LogP contribution in [0.2, 0.25) is 0 Å². The molecule has 8 heteroatoms. The van der Waals surface area contributed by atoms with E-state index in [1.165, 1.54) is 31.2 Å². The molecule has 1 atom stereocenters. The summed E-state index contributed by atoms with van der Waals surface area (Å²) < 4.78 is 39.4. The molecule has 102 valence electrons. The van der Waals surface area contributed by atoms with Gasteiger partial charge in [0.15, 0.2) is 5.71 Å². The first-order valence-electron chi connectivity index (χ1n) is 5.25. The van der Waals surface area contributed by atoms with E-state index in [0.717, 1.165) is 0 Å². The standard InChI is InChI=1S/C11H10F3N3O2/c1-7-9(16-19)10(18,11(12,13)14)17(15-7)8-5-3-2-4-6-8/h2-6,18-19H,1H3. The maximum atomic E-state index is 13.1. The maximum Gasteiger partial charge on any atom is 0.445 e. The van der Waals surface area contributed by atoms with Gasteiger partial charge < -0.3 is 10.3 Å². The van der Waals surface area contributed by atoms with Gasteiger partial charge in [-0.15, -0.1) is 0 Å². The molecule has 0 radical (unpaired) electrons. The minimum absolute atomic E-state index is 0.0281. The third-order valence-electron chi connectivity index (χ3n) is 2.73. The van der Waals surface area contributed by atoms with Gasteiger partial charge in [0.1, 0.15) is 0 Å². The lowest BCUT2D eigenvalue weighted by Crippen LogP contribution is -2.60. The van der Waals surface area contributed by atoms with Crippen molar-refractivity contribution in [3.05, 3.63) is 30.3 Å². The normalized spacial score (nSPS) is 25.8. The van der Waals surface area contributed by atoms with Crippen LogP contribution in [0, 0.1) is 0 Å². The van der Waals surface area contributed by atoms with Gasteiger partial charge in [0.05, 0.1) is 11.4 Å². The van der Waals surface area contributed by atoms with Crippen LogP contribution in [0.25, 0.3) is 0 Å². The van der Waals surface area contributed by atoms with E-state index >= 15 is 0 Å². The lowest BCUT2D eigenvalue weighted by atomic mass is 10.0. The molecule has 0 saturated carbocycles. The Labute approximate surface area is 106 Å². The van der Waals surface area contributed by atoms with E-state index in [1.807, 2.05) is 0 Å². The highest BCUT2D eigenvalue weighted by Crippen LogP contribution is 2.41. The predicted octanol–water partition coefficient (Wildman–Crippen LogP) is 1.96. The number of hydrazone groups is 1. The van der Waals surface area contributed by atoms with Crippen molar-refractivity contribution in [3.63, 3.8) is 0 Å². The largest absolute Gasteiger partial charge is 0.445 e. The molecule has 1 aromatic rings. The molecule has 0 saturated heterocycles. The third-order valence-corrected chi connectivity index (χ3v) is 2.73. The average Bonchev–Trinajstić information content (AvgIpc) is 2.62. The number of hydrogen-bond donors (Lipinski definition) is 2. The number of rotatable bonds is 1. The zero-order valence-electron chi connectivity index (χ0n) is 9.76. The molecule has 1 aromatic carbocycles. The van der Waals surface area contributed by atoms with E-state index < -0.39 is 17.6 Å². The first kappa shape index (κ1) is 13.3. The fraction of sp³-hybridized carbons (Fsp3) is 0.273. The number of anilines is 1. The van der Waals surface area contributed by atoms with Crippen molar-refractivity contribution in [2.24, 2.45) is 10.3 Å². The van der Waals surface area contributed by atoms with Crippen LogP contribution < -0.4 is 5.01 Å². The maximum absolute atomic E-state index is 13.1. The summed E-state index contributed by atoms with van der Waals surface area (Å²) in [4.78, 5) is 0. The minimum Gasteiger partial charge on any atom is -0.410 e. The van der Waals surface area contributed by atoms with E-state index in [-0.39, 0.29) is 11.4 Å². The minimum atomic E-state index is -5.08. The van der Waals surface area contributed by atoms with Gasteiger partial charge in [-0.05, 0) is 19.1 Å². The molecule has 0 aliphatic carbocycles. The molecular weight excluding hydrogens is 263 g/mol. The van der Waals surface area contributed by atoms with Crippen LogP contribution in [-0.2, 0) is 0 Å². The van der Waals surface area contributed by atoms with Gasteiger partial charge in [-0.25, -0.2) is 5.01 Å². The molecular formula is C11H10F3N3O2. The fourth-order valence-corrected chi connectivity index (χ4v) is 1.83. The summed E-state index contributed by atoms with van der Waals surface area (Å²) in [5.41, 5.74) is -4.61. The fourth-order valence-electron chi connectivity index (χ4n) is 1.83. The van der Waals surface area contributed by atoms with Crippen molar-refractivity contribution in [2.45, 2.75) is 18.8 Å². The molecule has 1 aliphatic heterocycles. The van der Waals surface area contributed by atoms with Crippen LogP contribution in [-0.4, -0.2) is 33.6 Å². The van der Waals surface area contributed by atoms with Crippen molar-refractivity contribution < 1.29 is 23.5 Å².